The molecule has 0 saturated heterocycles. The SMILES string of the molecule is C=CC(C)CCC(=C)C(=O)OC1CCCCC1. The number of carbonyl (C=O) groups excluding carboxylic acids is 1. The van der Waals surface area contributed by atoms with Crippen molar-refractivity contribution in [1.29, 1.82) is 0 Å². The van der Waals surface area contributed by atoms with Crippen molar-refractivity contribution in [3.8, 4) is 0 Å². The molecule has 1 aliphatic rings. The molecule has 0 aliphatic heterocycles. The maximum atomic E-state index is 11.8. The third-order valence-electron chi connectivity index (χ3n) is 3.42. The van der Waals surface area contributed by atoms with E-state index in [1.165, 1.54) is 19.3 Å². The molecule has 0 spiro atoms. The van der Waals surface area contributed by atoms with Crippen molar-refractivity contribution < 1.29 is 9.53 Å². The lowest BCUT2D eigenvalue weighted by Crippen LogP contribution is -2.21. The minimum Gasteiger partial charge on any atom is -0.459 e. The van der Waals surface area contributed by atoms with E-state index in [-0.39, 0.29) is 12.1 Å². The summed E-state index contributed by atoms with van der Waals surface area (Å²) in [7, 11) is 0. The molecule has 0 aromatic carbocycles. The molecular weight excluding hydrogens is 212 g/mol. The van der Waals surface area contributed by atoms with Crippen LogP contribution in [0.25, 0.3) is 0 Å². The van der Waals surface area contributed by atoms with E-state index in [4.69, 9.17) is 4.74 Å². The second-order valence-electron chi connectivity index (χ2n) is 5.02. The van der Waals surface area contributed by atoms with E-state index in [0.29, 0.717) is 17.9 Å². The standard InChI is InChI=1S/C15H24O2/c1-4-12(2)10-11-13(3)15(16)17-14-8-6-5-7-9-14/h4,12,14H,1,3,5-11H2,2H3. The summed E-state index contributed by atoms with van der Waals surface area (Å²) in [5.74, 6) is 0.224. The first-order chi connectivity index (χ1) is 8.13. The Kier molecular flexibility index (Phi) is 6.03. The summed E-state index contributed by atoms with van der Waals surface area (Å²) < 4.78 is 5.45. The van der Waals surface area contributed by atoms with Gasteiger partial charge in [0.05, 0.1) is 0 Å². The van der Waals surface area contributed by atoms with Crippen LogP contribution in [0, 0.1) is 5.92 Å². The van der Waals surface area contributed by atoms with E-state index < -0.39 is 0 Å². The summed E-state index contributed by atoms with van der Waals surface area (Å²) in [5.41, 5.74) is 0.601. The van der Waals surface area contributed by atoms with Crippen LogP contribution < -0.4 is 0 Å². The average Bonchev–Trinajstić information content (AvgIpc) is 2.36. The van der Waals surface area contributed by atoms with Gasteiger partial charge in [-0.2, -0.15) is 0 Å². The lowest BCUT2D eigenvalue weighted by atomic mass is 9.97. The normalized spacial score (nSPS) is 18.4. The predicted molar refractivity (Wildman–Crippen MR) is 70.7 cm³/mol. The van der Waals surface area contributed by atoms with Crippen LogP contribution in [0.3, 0.4) is 0 Å². The third-order valence-corrected chi connectivity index (χ3v) is 3.42. The van der Waals surface area contributed by atoms with Gasteiger partial charge in [0, 0.05) is 5.57 Å². The summed E-state index contributed by atoms with van der Waals surface area (Å²) in [5, 5.41) is 0. The van der Waals surface area contributed by atoms with Gasteiger partial charge in [-0.25, -0.2) is 4.79 Å². The van der Waals surface area contributed by atoms with Crippen molar-refractivity contribution in [1.82, 2.24) is 0 Å². The van der Waals surface area contributed by atoms with Gasteiger partial charge in [-0.1, -0.05) is 26.0 Å². The molecule has 1 rings (SSSR count). The highest BCUT2D eigenvalue weighted by Gasteiger charge is 2.19. The van der Waals surface area contributed by atoms with Crippen molar-refractivity contribution >= 4 is 5.97 Å². The summed E-state index contributed by atoms with van der Waals surface area (Å²) in [4.78, 5) is 11.8. The fourth-order valence-electron chi connectivity index (χ4n) is 2.04. The fraction of sp³-hybridized carbons (Fsp3) is 0.667. The topological polar surface area (TPSA) is 26.3 Å². The Hall–Kier alpha value is -1.05. The number of rotatable bonds is 6. The van der Waals surface area contributed by atoms with Gasteiger partial charge in [-0.3, -0.25) is 0 Å². The van der Waals surface area contributed by atoms with E-state index in [1.54, 1.807) is 0 Å². The Morgan fingerprint density at radius 2 is 2.06 bits per heavy atom. The van der Waals surface area contributed by atoms with Crippen LogP contribution in [-0.2, 0) is 9.53 Å². The molecule has 0 aromatic rings. The minimum absolute atomic E-state index is 0.129. The zero-order valence-corrected chi connectivity index (χ0v) is 10.9. The van der Waals surface area contributed by atoms with Crippen molar-refractivity contribution in [3.05, 3.63) is 24.8 Å². The summed E-state index contributed by atoms with van der Waals surface area (Å²) in [6.45, 7) is 9.64. The van der Waals surface area contributed by atoms with Gasteiger partial charge in [0.1, 0.15) is 6.10 Å². The molecule has 1 unspecified atom stereocenters. The number of hydrogen-bond donors (Lipinski definition) is 0. The van der Waals surface area contributed by atoms with Crippen LogP contribution in [0.15, 0.2) is 24.8 Å². The molecule has 1 atom stereocenters. The zero-order valence-electron chi connectivity index (χ0n) is 10.9. The highest BCUT2D eigenvalue weighted by atomic mass is 16.5. The molecule has 1 saturated carbocycles. The first kappa shape index (κ1) is 14.0. The van der Waals surface area contributed by atoms with E-state index in [2.05, 4.69) is 20.1 Å². The number of carbonyl (C=O) groups is 1. The molecule has 0 aromatic heterocycles. The Balaban J connectivity index is 2.26. The lowest BCUT2D eigenvalue weighted by molar-refractivity contribution is -0.145. The first-order valence-electron chi connectivity index (χ1n) is 6.64. The van der Waals surface area contributed by atoms with Gasteiger partial charge >= 0.3 is 5.97 Å². The molecular formula is C15H24O2. The minimum atomic E-state index is -0.201. The van der Waals surface area contributed by atoms with Gasteiger partial charge < -0.3 is 4.74 Å². The summed E-state index contributed by atoms with van der Waals surface area (Å²) in [6, 6.07) is 0. The van der Waals surface area contributed by atoms with E-state index >= 15 is 0 Å². The molecule has 1 fully saturated rings. The maximum absolute atomic E-state index is 11.8. The molecule has 0 radical (unpaired) electrons. The van der Waals surface area contributed by atoms with Crippen molar-refractivity contribution in [2.45, 2.75) is 58.0 Å². The van der Waals surface area contributed by atoms with Crippen LogP contribution in [0.1, 0.15) is 51.9 Å². The molecule has 2 heteroatoms. The predicted octanol–water partition coefficient (Wildman–Crippen LogP) is 4.02. The summed E-state index contributed by atoms with van der Waals surface area (Å²) >= 11 is 0. The quantitative estimate of drug-likeness (QED) is 0.395. The maximum Gasteiger partial charge on any atom is 0.333 e. The number of esters is 1. The smallest absolute Gasteiger partial charge is 0.333 e. The Labute approximate surface area is 105 Å². The first-order valence-corrected chi connectivity index (χ1v) is 6.64. The molecule has 0 amide bonds. The lowest BCUT2D eigenvalue weighted by Gasteiger charge is -2.22. The van der Waals surface area contributed by atoms with Gasteiger partial charge in [-0.05, 0) is 44.4 Å². The molecule has 17 heavy (non-hydrogen) atoms. The monoisotopic (exact) mass is 236 g/mol. The Bertz CT molecular complexity index is 275. The molecule has 96 valence electrons. The molecule has 2 nitrogen and oxygen atoms in total. The second kappa shape index (κ2) is 7.31. The number of allylic oxidation sites excluding steroid dienone is 1. The summed E-state index contributed by atoms with van der Waals surface area (Å²) in [6.07, 6.45) is 9.32. The molecule has 0 bridgehead atoms. The molecule has 1 aliphatic carbocycles. The zero-order chi connectivity index (χ0) is 12.7. The Morgan fingerprint density at radius 3 is 2.65 bits per heavy atom. The van der Waals surface area contributed by atoms with Crippen molar-refractivity contribution in [2.24, 2.45) is 5.92 Å². The van der Waals surface area contributed by atoms with Crippen LogP contribution in [-0.4, -0.2) is 12.1 Å². The third kappa shape index (κ3) is 5.20. The fourth-order valence-corrected chi connectivity index (χ4v) is 2.04. The van der Waals surface area contributed by atoms with Crippen LogP contribution in [0.4, 0.5) is 0 Å². The van der Waals surface area contributed by atoms with Crippen LogP contribution in [0.2, 0.25) is 0 Å². The van der Waals surface area contributed by atoms with Gasteiger partial charge in [0.25, 0.3) is 0 Å². The van der Waals surface area contributed by atoms with E-state index in [9.17, 15) is 4.79 Å². The van der Waals surface area contributed by atoms with E-state index in [1.807, 2.05) is 6.08 Å². The van der Waals surface area contributed by atoms with Crippen LogP contribution >= 0.6 is 0 Å². The van der Waals surface area contributed by atoms with Gasteiger partial charge in [-0.15, -0.1) is 6.58 Å². The van der Waals surface area contributed by atoms with Crippen LogP contribution in [0.5, 0.6) is 0 Å². The molecule has 0 N–H and O–H groups in total. The van der Waals surface area contributed by atoms with E-state index in [0.717, 1.165) is 19.3 Å². The number of hydrogen-bond acceptors (Lipinski definition) is 2. The highest BCUT2D eigenvalue weighted by Crippen LogP contribution is 2.22. The highest BCUT2D eigenvalue weighted by molar-refractivity contribution is 5.87. The van der Waals surface area contributed by atoms with Crippen molar-refractivity contribution in [2.75, 3.05) is 0 Å². The Morgan fingerprint density at radius 1 is 1.41 bits per heavy atom. The van der Waals surface area contributed by atoms with Crippen molar-refractivity contribution in [3.63, 3.8) is 0 Å². The number of ether oxygens (including phenoxy) is 1. The van der Waals surface area contributed by atoms with Gasteiger partial charge in [0.15, 0.2) is 0 Å². The second-order valence-corrected chi connectivity index (χ2v) is 5.02. The largest absolute Gasteiger partial charge is 0.459 e. The van der Waals surface area contributed by atoms with Gasteiger partial charge in [0.2, 0.25) is 0 Å². The average molecular weight is 236 g/mol. The molecule has 0 heterocycles.